The summed E-state index contributed by atoms with van der Waals surface area (Å²) in [6.45, 7) is 4.92. The third kappa shape index (κ3) is 4.85. The topological polar surface area (TPSA) is 64.4 Å². The number of hydrogen-bond acceptors (Lipinski definition) is 5. The molecule has 3 aromatic rings. The van der Waals surface area contributed by atoms with Gasteiger partial charge < -0.3 is 9.30 Å². The van der Waals surface area contributed by atoms with Crippen LogP contribution < -0.4 is 0 Å². The number of rotatable bonds is 8. The molecule has 5 rings (SSSR count). The molecule has 8 heteroatoms. The smallest absolute Gasteiger partial charge is 0.243 e. The van der Waals surface area contributed by atoms with Crippen LogP contribution in [-0.4, -0.2) is 48.1 Å². The molecule has 2 saturated heterocycles. The van der Waals surface area contributed by atoms with E-state index >= 15 is 0 Å². The van der Waals surface area contributed by atoms with Gasteiger partial charge in [0.2, 0.25) is 10.0 Å². The number of hydrogen-bond donors (Lipinski definition) is 0. The van der Waals surface area contributed by atoms with E-state index in [1.807, 2.05) is 6.07 Å². The van der Waals surface area contributed by atoms with Gasteiger partial charge >= 0.3 is 0 Å². The Balaban J connectivity index is 1.46. The first-order chi connectivity index (χ1) is 16.0. The Labute approximate surface area is 200 Å². The average Bonchev–Trinajstić information content (AvgIpc) is 3.60. The molecule has 0 bridgehead atoms. The first kappa shape index (κ1) is 22.9. The molecule has 2 aromatic carbocycles. The molecular formula is C25H31N3O3S2. The van der Waals surface area contributed by atoms with Gasteiger partial charge in [-0.25, -0.2) is 13.4 Å². The minimum Gasteiger partial charge on any atom is -0.376 e. The monoisotopic (exact) mass is 485 g/mol. The summed E-state index contributed by atoms with van der Waals surface area (Å²) in [5.41, 5.74) is 4.29. The molecule has 0 spiro atoms. The quantitative estimate of drug-likeness (QED) is 0.427. The number of imidazole rings is 1. The summed E-state index contributed by atoms with van der Waals surface area (Å²) in [4.78, 5) is 5.23. The van der Waals surface area contributed by atoms with Crippen LogP contribution in [0.5, 0.6) is 0 Å². The summed E-state index contributed by atoms with van der Waals surface area (Å²) in [5.74, 6) is 0.817. The lowest BCUT2D eigenvalue weighted by atomic mass is 10.1. The minimum absolute atomic E-state index is 0.179. The molecule has 2 fully saturated rings. The summed E-state index contributed by atoms with van der Waals surface area (Å²) in [6.07, 6.45) is 5.20. The molecule has 33 heavy (non-hydrogen) atoms. The van der Waals surface area contributed by atoms with Gasteiger partial charge in [0.1, 0.15) is 0 Å². The van der Waals surface area contributed by atoms with Crippen LogP contribution in [0.1, 0.15) is 43.7 Å². The van der Waals surface area contributed by atoms with Crippen molar-refractivity contribution in [3.05, 3.63) is 53.6 Å². The molecule has 3 heterocycles. The van der Waals surface area contributed by atoms with Crippen molar-refractivity contribution >= 4 is 32.8 Å². The van der Waals surface area contributed by atoms with Crippen molar-refractivity contribution < 1.29 is 13.2 Å². The third-order valence-corrected chi connectivity index (χ3v) is 9.54. The van der Waals surface area contributed by atoms with Crippen molar-refractivity contribution in [2.24, 2.45) is 0 Å². The van der Waals surface area contributed by atoms with Gasteiger partial charge in [-0.3, -0.25) is 0 Å². The van der Waals surface area contributed by atoms with Crippen LogP contribution >= 0.6 is 11.8 Å². The van der Waals surface area contributed by atoms with Gasteiger partial charge in [0.25, 0.3) is 0 Å². The molecule has 6 nitrogen and oxygen atoms in total. The van der Waals surface area contributed by atoms with Gasteiger partial charge in [-0.1, -0.05) is 43.0 Å². The number of aromatic nitrogens is 2. The molecule has 2 aliphatic rings. The fourth-order valence-electron chi connectivity index (χ4n) is 4.62. The molecule has 2 aliphatic heterocycles. The van der Waals surface area contributed by atoms with Gasteiger partial charge in [0.15, 0.2) is 5.16 Å². The van der Waals surface area contributed by atoms with Crippen molar-refractivity contribution in [2.75, 3.05) is 19.7 Å². The van der Waals surface area contributed by atoms with Crippen molar-refractivity contribution in [1.29, 1.82) is 0 Å². The van der Waals surface area contributed by atoms with Crippen LogP contribution in [0.3, 0.4) is 0 Å². The van der Waals surface area contributed by atoms with E-state index in [9.17, 15) is 8.42 Å². The zero-order chi connectivity index (χ0) is 22.8. The van der Waals surface area contributed by atoms with Crippen LogP contribution in [0.4, 0.5) is 0 Å². The highest BCUT2D eigenvalue weighted by molar-refractivity contribution is 7.98. The Morgan fingerprint density at radius 1 is 1.06 bits per heavy atom. The Morgan fingerprint density at radius 2 is 1.82 bits per heavy atom. The second-order valence-corrected chi connectivity index (χ2v) is 11.7. The normalized spacial score (nSPS) is 19.6. The summed E-state index contributed by atoms with van der Waals surface area (Å²) < 4.78 is 35.9. The van der Waals surface area contributed by atoms with Crippen LogP contribution in [0, 0.1) is 0 Å². The van der Waals surface area contributed by atoms with E-state index in [4.69, 9.17) is 9.72 Å². The Kier molecular flexibility index (Phi) is 6.79. The van der Waals surface area contributed by atoms with E-state index in [2.05, 4.69) is 35.8 Å². The molecule has 0 radical (unpaired) electrons. The fourth-order valence-corrected chi connectivity index (χ4v) is 7.14. The molecule has 0 aliphatic carbocycles. The Bertz CT molecular complexity index is 1210. The van der Waals surface area contributed by atoms with Crippen molar-refractivity contribution in [3.63, 3.8) is 0 Å². The van der Waals surface area contributed by atoms with E-state index in [-0.39, 0.29) is 6.10 Å². The molecule has 0 amide bonds. The lowest BCUT2D eigenvalue weighted by Gasteiger charge is -2.16. The number of benzene rings is 2. The largest absolute Gasteiger partial charge is 0.376 e. The second-order valence-electron chi connectivity index (χ2n) is 8.86. The number of fused-ring (bicyclic) bond motifs is 1. The van der Waals surface area contributed by atoms with Crippen LogP contribution in [-0.2, 0) is 33.5 Å². The maximum atomic E-state index is 13.1. The van der Waals surface area contributed by atoms with Crippen molar-refractivity contribution in [1.82, 2.24) is 13.9 Å². The maximum Gasteiger partial charge on any atom is 0.243 e. The SMILES string of the molecule is CCc1ccc(CSc2nc3cc(S(=O)(=O)N4CCCC4)ccc3n2C[C@@H]2CCCO2)cc1. The van der Waals surface area contributed by atoms with Crippen LogP contribution in [0.15, 0.2) is 52.5 Å². The first-order valence-corrected chi connectivity index (χ1v) is 14.3. The zero-order valence-electron chi connectivity index (χ0n) is 19.1. The van der Waals surface area contributed by atoms with Crippen LogP contribution in [0.25, 0.3) is 11.0 Å². The summed E-state index contributed by atoms with van der Waals surface area (Å²) in [5, 5.41) is 0.913. The van der Waals surface area contributed by atoms with Gasteiger partial charge in [-0.2, -0.15) is 4.31 Å². The number of nitrogens with zero attached hydrogens (tertiary/aromatic N) is 3. The number of ether oxygens (including phenoxy) is 1. The molecule has 1 aromatic heterocycles. The van der Waals surface area contributed by atoms with Gasteiger partial charge in [0.05, 0.1) is 28.6 Å². The standard InChI is InChI=1S/C25H31N3O3S2/c1-2-19-7-9-20(10-8-19)18-32-25-26-23-16-22(33(29,30)27-13-3-4-14-27)11-12-24(23)28(25)17-21-6-5-15-31-21/h7-12,16,21H,2-6,13-15,17-18H2,1H3/t21-/m0/s1. The van der Waals surface area contributed by atoms with E-state index in [1.165, 1.54) is 11.1 Å². The molecule has 0 N–H and O–H groups in total. The predicted octanol–water partition coefficient (Wildman–Crippen LogP) is 4.85. The lowest BCUT2D eigenvalue weighted by molar-refractivity contribution is 0.0960. The van der Waals surface area contributed by atoms with E-state index in [0.29, 0.717) is 18.0 Å². The molecule has 0 unspecified atom stereocenters. The van der Waals surface area contributed by atoms with Gasteiger partial charge in [-0.15, -0.1) is 0 Å². The molecule has 0 saturated carbocycles. The van der Waals surface area contributed by atoms with E-state index in [1.54, 1.807) is 28.2 Å². The van der Waals surface area contributed by atoms with E-state index in [0.717, 1.165) is 67.2 Å². The lowest BCUT2D eigenvalue weighted by Crippen LogP contribution is -2.27. The summed E-state index contributed by atoms with van der Waals surface area (Å²) in [7, 11) is -3.47. The average molecular weight is 486 g/mol. The number of thioether (sulfide) groups is 1. The fraction of sp³-hybridized carbons (Fsp3) is 0.480. The molecule has 1 atom stereocenters. The molecule has 176 valence electrons. The maximum absolute atomic E-state index is 13.1. The number of aryl methyl sites for hydroxylation is 1. The predicted molar refractivity (Wildman–Crippen MR) is 132 cm³/mol. The third-order valence-electron chi connectivity index (χ3n) is 6.60. The highest BCUT2D eigenvalue weighted by Crippen LogP contribution is 2.31. The second kappa shape index (κ2) is 9.78. The minimum atomic E-state index is -3.47. The Morgan fingerprint density at radius 3 is 2.52 bits per heavy atom. The number of sulfonamides is 1. The van der Waals surface area contributed by atoms with Crippen molar-refractivity contribution in [3.8, 4) is 0 Å². The highest BCUT2D eigenvalue weighted by Gasteiger charge is 2.28. The van der Waals surface area contributed by atoms with Gasteiger partial charge in [-0.05, 0) is 61.4 Å². The summed E-state index contributed by atoms with van der Waals surface area (Å²) >= 11 is 1.70. The van der Waals surface area contributed by atoms with Crippen LogP contribution in [0.2, 0.25) is 0 Å². The Hall–Kier alpha value is -1.87. The molecular weight excluding hydrogens is 454 g/mol. The first-order valence-electron chi connectivity index (χ1n) is 11.9. The highest BCUT2D eigenvalue weighted by atomic mass is 32.2. The summed E-state index contributed by atoms with van der Waals surface area (Å²) in [6, 6.07) is 14.1. The van der Waals surface area contributed by atoms with Gasteiger partial charge in [0, 0.05) is 25.4 Å². The zero-order valence-corrected chi connectivity index (χ0v) is 20.7. The van der Waals surface area contributed by atoms with E-state index < -0.39 is 10.0 Å². The van der Waals surface area contributed by atoms with Crippen molar-refractivity contribution in [2.45, 2.75) is 67.5 Å².